The van der Waals surface area contributed by atoms with Crippen LogP contribution in [0.5, 0.6) is 0 Å². The van der Waals surface area contributed by atoms with Gasteiger partial charge in [-0.15, -0.1) is 0 Å². The summed E-state index contributed by atoms with van der Waals surface area (Å²) in [6.07, 6.45) is -5.70. The lowest BCUT2D eigenvalue weighted by Gasteiger charge is -2.37. The first kappa shape index (κ1) is 15.4. The van der Waals surface area contributed by atoms with Gasteiger partial charge in [-0.3, -0.25) is 14.4 Å². The van der Waals surface area contributed by atoms with Gasteiger partial charge in [0.15, 0.2) is 12.3 Å². The summed E-state index contributed by atoms with van der Waals surface area (Å²) >= 11 is 0. The number of esters is 3. The minimum Gasteiger partial charge on any atom is -0.455 e. The predicted molar refractivity (Wildman–Crippen MR) is 57.5 cm³/mol. The average molecular weight is 278 g/mol. The van der Waals surface area contributed by atoms with E-state index in [-0.39, 0.29) is 0 Å². The number of hydrogen-bond acceptors (Lipinski definition) is 7. The largest absolute Gasteiger partial charge is 0.455 e. The first-order chi connectivity index (χ1) is 8.81. The van der Waals surface area contributed by atoms with Crippen LogP contribution >= 0.6 is 0 Å². The molecule has 108 valence electrons. The van der Waals surface area contributed by atoms with Gasteiger partial charge < -0.3 is 18.9 Å². The number of alkyl halides is 1. The van der Waals surface area contributed by atoms with Crippen LogP contribution in [0.15, 0.2) is 0 Å². The van der Waals surface area contributed by atoms with Gasteiger partial charge in [-0.1, -0.05) is 0 Å². The van der Waals surface area contributed by atoms with Crippen molar-refractivity contribution in [3.05, 3.63) is 0 Å². The first-order valence-corrected chi connectivity index (χ1v) is 5.58. The highest BCUT2D eigenvalue weighted by Gasteiger charge is 2.47. The van der Waals surface area contributed by atoms with Crippen LogP contribution in [-0.4, -0.2) is 49.2 Å². The molecule has 0 saturated carbocycles. The van der Waals surface area contributed by atoms with E-state index >= 15 is 0 Å². The van der Waals surface area contributed by atoms with E-state index in [9.17, 15) is 18.8 Å². The Balaban J connectivity index is 2.89. The lowest BCUT2D eigenvalue weighted by atomic mass is 10.1. The van der Waals surface area contributed by atoms with Crippen LogP contribution in [0.25, 0.3) is 0 Å². The monoisotopic (exact) mass is 278 g/mol. The first-order valence-electron chi connectivity index (χ1n) is 5.58. The molecule has 1 rings (SSSR count). The molecule has 0 amide bonds. The van der Waals surface area contributed by atoms with Crippen LogP contribution in [0.2, 0.25) is 0 Å². The Bertz CT molecular complexity index is 370. The fraction of sp³-hybridized carbons (Fsp3) is 0.727. The molecular formula is C11H15FO7. The predicted octanol–water partition coefficient (Wildman–Crippen LogP) is 0.107. The molecule has 1 heterocycles. The van der Waals surface area contributed by atoms with Crippen molar-refractivity contribution in [2.45, 2.75) is 45.4 Å². The van der Waals surface area contributed by atoms with Gasteiger partial charge in [0.1, 0.15) is 0 Å². The van der Waals surface area contributed by atoms with Crippen molar-refractivity contribution in [3.63, 3.8) is 0 Å². The summed E-state index contributed by atoms with van der Waals surface area (Å²) < 4.78 is 33.0. The summed E-state index contributed by atoms with van der Waals surface area (Å²) in [6.45, 7) is 2.87. The second-order valence-electron chi connectivity index (χ2n) is 3.98. The van der Waals surface area contributed by atoms with Gasteiger partial charge in [0.25, 0.3) is 0 Å². The summed E-state index contributed by atoms with van der Waals surface area (Å²) in [5, 5.41) is 0. The van der Waals surface area contributed by atoms with E-state index in [0.717, 1.165) is 20.8 Å². The van der Waals surface area contributed by atoms with Gasteiger partial charge in [-0.25, -0.2) is 4.39 Å². The van der Waals surface area contributed by atoms with Crippen LogP contribution < -0.4 is 0 Å². The van der Waals surface area contributed by atoms with Crippen LogP contribution in [0, 0.1) is 0 Å². The van der Waals surface area contributed by atoms with Gasteiger partial charge in [0.2, 0.25) is 12.4 Å². The molecule has 1 unspecified atom stereocenters. The lowest BCUT2D eigenvalue weighted by molar-refractivity contribution is -0.263. The molecule has 0 aromatic carbocycles. The summed E-state index contributed by atoms with van der Waals surface area (Å²) in [4.78, 5) is 32.8. The van der Waals surface area contributed by atoms with Crippen molar-refractivity contribution in [1.82, 2.24) is 0 Å². The molecule has 8 heteroatoms. The van der Waals surface area contributed by atoms with Gasteiger partial charge in [-0.2, -0.15) is 0 Å². The van der Waals surface area contributed by atoms with Crippen molar-refractivity contribution in [2.24, 2.45) is 0 Å². The number of halogens is 1. The van der Waals surface area contributed by atoms with E-state index in [1.807, 2.05) is 0 Å². The van der Waals surface area contributed by atoms with Crippen LogP contribution in [-0.2, 0) is 33.3 Å². The average Bonchev–Trinajstić information content (AvgIpc) is 2.25. The molecule has 0 radical (unpaired) electrons. The lowest BCUT2D eigenvalue weighted by Crippen LogP contribution is -2.56. The van der Waals surface area contributed by atoms with Crippen LogP contribution in [0.4, 0.5) is 4.39 Å². The van der Waals surface area contributed by atoms with Gasteiger partial charge in [-0.05, 0) is 0 Å². The smallest absolute Gasteiger partial charge is 0.305 e. The maximum atomic E-state index is 13.7. The van der Waals surface area contributed by atoms with Crippen LogP contribution in [0.1, 0.15) is 20.8 Å². The molecule has 0 aliphatic carbocycles. The minimum absolute atomic E-state index is 0.437. The van der Waals surface area contributed by atoms with E-state index in [1.165, 1.54) is 0 Å². The molecular weight excluding hydrogens is 263 g/mol. The van der Waals surface area contributed by atoms with E-state index in [1.54, 1.807) is 0 Å². The highest BCUT2D eigenvalue weighted by Crippen LogP contribution is 2.24. The number of rotatable bonds is 3. The van der Waals surface area contributed by atoms with Crippen molar-refractivity contribution < 1.29 is 37.7 Å². The minimum atomic E-state index is -1.68. The highest BCUT2D eigenvalue weighted by molar-refractivity contribution is 5.68. The standard InChI is InChI=1S/C11H15FO7/c1-5(13)17-9-8(12)4-16-11(19-7(3)15)10(9)18-6(2)14/h8-11H,4H2,1-3H3/t8-,9-,10+,11?/m0/s1. The summed E-state index contributed by atoms with van der Waals surface area (Å²) in [6, 6.07) is 0. The zero-order valence-electron chi connectivity index (χ0n) is 10.8. The number of carbonyl (C=O) groups excluding carboxylic acids is 3. The summed E-state index contributed by atoms with van der Waals surface area (Å²) in [5.41, 5.74) is 0. The Kier molecular flexibility index (Phi) is 5.22. The second-order valence-corrected chi connectivity index (χ2v) is 3.98. The SMILES string of the molecule is CC(=O)OC1OC[C@H](F)[C@H](OC(C)=O)[C@H]1OC(C)=O. The van der Waals surface area contributed by atoms with Crippen LogP contribution in [0.3, 0.4) is 0 Å². The zero-order chi connectivity index (χ0) is 14.6. The third-order valence-electron chi connectivity index (χ3n) is 2.25. The topological polar surface area (TPSA) is 88.1 Å². The molecule has 0 aromatic rings. The Morgan fingerprint density at radius 1 is 0.947 bits per heavy atom. The van der Waals surface area contributed by atoms with E-state index in [4.69, 9.17) is 18.9 Å². The third kappa shape index (κ3) is 4.47. The maximum absolute atomic E-state index is 13.7. The molecule has 0 N–H and O–H groups in total. The van der Waals surface area contributed by atoms with Crippen molar-refractivity contribution in [3.8, 4) is 0 Å². The van der Waals surface area contributed by atoms with E-state index in [0.29, 0.717) is 0 Å². The third-order valence-corrected chi connectivity index (χ3v) is 2.25. The Labute approximate surface area is 108 Å². The molecule has 1 aliphatic heterocycles. The second kappa shape index (κ2) is 6.46. The van der Waals surface area contributed by atoms with Crippen molar-refractivity contribution >= 4 is 17.9 Å². The number of ether oxygens (including phenoxy) is 4. The maximum Gasteiger partial charge on any atom is 0.305 e. The van der Waals surface area contributed by atoms with E-state index < -0.39 is 49.2 Å². The molecule has 0 spiro atoms. The Morgan fingerprint density at radius 2 is 1.42 bits per heavy atom. The van der Waals surface area contributed by atoms with Gasteiger partial charge in [0, 0.05) is 20.8 Å². The van der Waals surface area contributed by atoms with Gasteiger partial charge >= 0.3 is 17.9 Å². The molecule has 1 fully saturated rings. The normalized spacial score (nSPS) is 30.3. The summed E-state index contributed by atoms with van der Waals surface area (Å²) in [7, 11) is 0. The highest BCUT2D eigenvalue weighted by atomic mass is 19.1. The van der Waals surface area contributed by atoms with E-state index in [2.05, 4.69) is 0 Å². The van der Waals surface area contributed by atoms with Crippen molar-refractivity contribution in [1.29, 1.82) is 0 Å². The molecule has 1 aliphatic rings. The molecule has 19 heavy (non-hydrogen) atoms. The number of hydrogen-bond donors (Lipinski definition) is 0. The molecule has 0 bridgehead atoms. The molecule has 4 atom stereocenters. The molecule has 0 aromatic heterocycles. The quantitative estimate of drug-likeness (QED) is 0.534. The summed E-state index contributed by atoms with van der Waals surface area (Å²) in [5.74, 6) is -2.17. The van der Waals surface area contributed by atoms with Crippen molar-refractivity contribution in [2.75, 3.05) is 6.61 Å². The fourth-order valence-electron chi connectivity index (χ4n) is 1.65. The zero-order valence-corrected chi connectivity index (χ0v) is 10.8. The number of carbonyl (C=O) groups is 3. The Morgan fingerprint density at radius 3 is 1.89 bits per heavy atom. The molecule has 1 saturated heterocycles. The molecule has 7 nitrogen and oxygen atoms in total. The Hall–Kier alpha value is -1.70. The van der Waals surface area contributed by atoms with Gasteiger partial charge in [0.05, 0.1) is 6.61 Å². The fourth-order valence-corrected chi connectivity index (χ4v) is 1.65.